The lowest BCUT2D eigenvalue weighted by atomic mass is 9.93. The van der Waals surface area contributed by atoms with Gasteiger partial charge in [-0.2, -0.15) is 0 Å². The van der Waals surface area contributed by atoms with Crippen LogP contribution in [0.15, 0.2) is 41.6 Å². The number of rotatable bonds is 2. The van der Waals surface area contributed by atoms with Crippen LogP contribution < -0.4 is 5.32 Å². The molecule has 1 aliphatic heterocycles. The molecular weight excluding hydrogens is 224 g/mol. The van der Waals surface area contributed by atoms with Gasteiger partial charge in [0.05, 0.1) is 6.67 Å². The van der Waals surface area contributed by atoms with E-state index in [0.717, 1.165) is 44.6 Å². The van der Waals surface area contributed by atoms with Crippen molar-refractivity contribution >= 4 is 5.78 Å². The molecule has 2 aliphatic rings. The first-order valence-corrected chi connectivity index (χ1v) is 6.58. The molecule has 18 heavy (non-hydrogen) atoms. The van der Waals surface area contributed by atoms with Crippen LogP contribution in [0.1, 0.15) is 24.8 Å². The van der Waals surface area contributed by atoms with E-state index >= 15 is 0 Å². The van der Waals surface area contributed by atoms with E-state index in [2.05, 4.69) is 34.5 Å². The number of carbonyl (C=O) groups excluding carboxylic acids is 1. The Hall–Kier alpha value is -1.61. The Kier molecular flexibility index (Phi) is 3.15. The Labute approximate surface area is 107 Å². The van der Waals surface area contributed by atoms with Crippen LogP contribution in [0.5, 0.6) is 0 Å². The van der Waals surface area contributed by atoms with Crippen molar-refractivity contribution in [3.05, 3.63) is 47.2 Å². The zero-order valence-electron chi connectivity index (χ0n) is 10.5. The van der Waals surface area contributed by atoms with Crippen molar-refractivity contribution in [1.29, 1.82) is 0 Å². The lowest BCUT2D eigenvalue weighted by molar-refractivity contribution is -0.116. The third-order valence-corrected chi connectivity index (χ3v) is 3.68. The van der Waals surface area contributed by atoms with Crippen molar-refractivity contribution < 1.29 is 4.79 Å². The quantitative estimate of drug-likeness (QED) is 0.861. The van der Waals surface area contributed by atoms with E-state index in [1.54, 1.807) is 0 Å². The Morgan fingerprint density at radius 1 is 1.17 bits per heavy atom. The molecule has 94 valence electrons. The van der Waals surface area contributed by atoms with Gasteiger partial charge in [0.1, 0.15) is 0 Å². The summed E-state index contributed by atoms with van der Waals surface area (Å²) in [6.45, 7) is 2.55. The van der Waals surface area contributed by atoms with Gasteiger partial charge in [0, 0.05) is 30.8 Å². The van der Waals surface area contributed by atoms with E-state index in [4.69, 9.17) is 0 Å². The Bertz CT molecular complexity index is 479. The molecular formula is C15H18N2O. The third-order valence-electron chi connectivity index (χ3n) is 3.68. The number of benzene rings is 1. The van der Waals surface area contributed by atoms with E-state index in [1.807, 2.05) is 6.07 Å². The van der Waals surface area contributed by atoms with Crippen molar-refractivity contribution in [1.82, 2.24) is 10.2 Å². The summed E-state index contributed by atoms with van der Waals surface area (Å²) in [5, 5.41) is 3.41. The maximum absolute atomic E-state index is 11.9. The van der Waals surface area contributed by atoms with E-state index in [-0.39, 0.29) is 0 Å². The normalized spacial score (nSPS) is 20.6. The average molecular weight is 242 g/mol. The molecule has 0 unspecified atom stereocenters. The van der Waals surface area contributed by atoms with Crippen LogP contribution in [-0.2, 0) is 11.3 Å². The second kappa shape index (κ2) is 4.94. The lowest BCUT2D eigenvalue weighted by Crippen LogP contribution is -2.43. The van der Waals surface area contributed by atoms with Crippen LogP contribution in [0, 0.1) is 0 Å². The number of hydrogen-bond acceptors (Lipinski definition) is 3. The zero-order chi connectivity index (χ0) is 12.4. The molecule has 0 spiro atoms. The molecule has 1 heterocycles. The number of allylic oxidation sites excluding steroid dienone is 1. The van der Waals surface area contributed by atoms with Crippen LogP contribution in [0.3, 0.4) is 0 Å². The second-order valence-electron chi connectivity index (χ2n) is 5.04. The summed E-state index contributed by atoms with van der Waals surface area (Å²) >= 11 is 0. The van der Waals surface area contributed by atoms with Crippen LogP contribution in [0.2, 0.25) is 0 Å². The Balaban J connectivity index is 1.71. The molecule has 3 rings (SSSR count). The first kappa shape index (κ1) is 11.5. The van der Waals surface area contributed by atoms with Gasteiger partial charge in [0.15, 0.2) is 5.78 Å². The van der Waals surface area contributed by atoms with E-state index in [1.165, 1.54) is 11.3 Å². The van der Waals surface area contributed by atoms with Crippen LogP contribution >= 0.6 is 0 Å². The van der Waals surface area contributed by atoms with Crippen molar-refractivity contribution in [3.63, 3.8) is 0 Å². The SMILES string of the molecule is O=C1CCCC2=C1CN(Cc1ccccc1)CN2. The summed E-state index contributed by atoms with van der Waals surface area (Å²) in [4.78, 5) is 14.2. The molecule has 1 aromatic rings. The molecule has 0 bridgehead atoms. The summed E-state index contributed by atoms with van der Waals surface area (Å²) in [6, 6.07) is 10.4. The number of nitrogens with zero attached hydrogens (tertiary/aromatic N) is 1. The van der Waals surface area contributed by atoms with Crippen LogP contribution in [0.25, 0.3) is 0 Å². The average Bonchev–Trinajstić information content (AvgIpc) is 2.41. The number of hydrogen-bond donors (Lipinski definition) is 1. The predicted molar refractivity (Wildman–Crippen MR) is 70.7 cm³/mol. The van der Waals surface area contributed by atoms with Gasteiger partial charge >= 0.3 is 0 Å². The molecule has 0 radical (unpaired) electrons. The highest BCUT2D eigenvalue weighted by Gasteiger charge is 2.26. The highest BCUT2D eigenvalue weighted by Crippen LogP contribution is 2.24. The van der Waals surface area contributed by atoms with E-state index < -0.39 is 0 Å². The van der Waals surface area contributed by atoms with Gasteiger partial charge in [-0.1, -0.05) is 30.3 Å². The Morgan fingerprint density at radius 2 is 2.00 bits per heavy atom. The molecule has 1 aromatic carbocycles. The first-order chi connectivity index (χ1) is 8.83. The summed E-state index contributed by atoms with van der Waals surface area (Å²) < 4.78 is 0. The van der Waals surface area contributed by atoms with Crippen molar-refractivity contribution in [3.8, 4) is 0 Å². The molecule has 0 saturated heterocycles. The van der Waals surface area contributed by atoms with Gasteiger partial charge in [-0.3, -0.25) is 9.69 Å². The first-order valence-electron chi connectivity index (χ1n) is 6.58. The monoisotopic (exact) mass is 242 g/mol. The summed E-state index contributed by atoms with van der Waals surface area (Å²) in [7, 11) is 0. The fourth-order valence-electron chi connectivity index (χ4n) is 2.71. The van der Waals surface area contributed by atoms with Crippen LogP contribution in [0.4, 0.5) is 0 Å². The number of carbonyl (C=O) groups is 1. The molecule has 0 aromatic heterocycles. The van der Waals surface area contributed by atoms with Gasteiger partial charge in [-0.15, -0.1) is 0 Å². The third kappa shape index (κ3) is 2.31. The van der Waals surface area contributed by atoms with E-state index in [0.29, 0.717) is 5.78 Å². The highest BCUT2D eigenvalue weighted by atomic mass is 16.1. The van der Waals surface area contributed by atoms with E-state index in [9.17, 15) is 4.79 Å². The van der Waals surface area contributed by atoms with Gasteiger partial charge in [0.25, 0.3) is 0 Å². The van der Waals surface area contributed by atoms with Gasteiger partial charge < -0.3 is 5.32 Å². The summed E-state index contributed by atoms with van der Waals surface area (Å²) in [5.74, 6) is 0.335. The lowest BCUT2D eigenvalue weighted by Gasteiger charge is -2.33. The minimum atomic E-state index is 0.335. The smallest absolute Gasteiger partial charge is 0.161 e. The van der Waals surface area contributed by atoms with Gasteiger partial charge in [-0.05, 0) is 18.4 Å². The number of nitrogens with one attached hydrogen (secondary N) is 1. The maximum Gasteiger partial charge on any atom is 0.161 e. The van der Waals surface area contributed by atoms with Crippen LogP contribution in [-0.4, -0.2) is 23.9 Å². The number of ketones is 1. The molecule has 0 amide bonds. The van der Waals surface area contributed by atoms with Crippen molar-refractivity contribution in [2.24, 2.45) is 0 Å². The zero-order valence-corrected chi connectivity index (χ0v) is 10.5. The molecule has 0 saturated carbocycles. The minimum absolute atomic E-state index is 0.335. The summed E-state index contributed by atoms with van der Waals surface area (Å²) in [5.41, 5.74) is 3.51. The van der Waals surface area contributed by atoms with Crippen molar-refractivity contribution in [2.45, 2.75) is 25.8 Å². The molecule has 1 aliphatic carbocycles. The Morgan fingerprint density at radius 3 is 2.83 bits per heavy atom. The largest absolute Gasteiger partial charge is 0.375 e. The molecule has 3 nitrogen and oxygen atoms in total. The van der Waals surface area contributed by atoms with Crippen molar-refractivity contribution in [2.75, 3.05) is 13.2 Å². The fourth-order valence-corrected chi connectivity index (χ4v) is 2.71. The predicted octanol–water partition coefficient (Wildman–Crippen LogP) is 2.06. The van der Waals surface area contributed by atoms with Gasteiger partial charge in [-0.25, -0.2) is 0 Å². The minimum Gasteiger partial charge on any atom is -0.375 e. The highest BCUT2D eigenvalue weighted by molar-refractivity contribution is 5.97. The standard InChI is InChI=1S/C15H18N2O/c18-15-8-4-7-14-13(15)10-17(11-16-14)9-12-5-2-1-3-6-12/h1-3,5-6,16H,4,7-11H2. The second-order valence-corrected chi connectivity index (χ2v) is 5.04. The molecule has 1 N–H and O–H groups in total. The fraction of sp³-hybridized carbons (Fsp3) is 0.400. The molecule has 0 fully saturated rings. The topological polar surface area (TPSA) is 32.3 Å². The summed E-state index contributed by atoms with van der Waals surface area (Å²) in [6.07, 6.45) is 2.77. The van der Waals surface area contributed by atoms with Gasteiger partial charge in [0.2, 0.25) is 0 Å². The number of Topliss-reactive ketones (excluding diaryl/α,β-unsaturated/α-hetero) is 1. The maximum atomic E-state index is 11.9. The molecule has 3 heteroatoms. The molecule has 0 atom stereocenters.